The van der Waals surface area contributed by atoms with Crippen molar-refractivity contribution < 1.29 is 14.3 Å². The first-order chi connectivity index (χ1) is 5.11. The second-order valence-electron chi connectivity index (χ2n) is 2.11. The fourth-order valence-corrected chi connectivity index (χ4v) is 0.707. The van der Waals surface area contributed by atoms with E-state index in [9.17, 15) is 9.18 Å². The Morgan fingerprint density at radius 3 is 2.82 bits per heavy atom. The Balaban J connectivity index is 3.23. The molecule has 4 heteroatoms. The molecule has 0 unspecified atom stereocenters. The maximum atomic E-state index is 12.6. The lowest BCUT2D eigenvalue weighted by atomic mass is 10.2. The standard InChI is InChI=1S/C7H6FNO2/c1-4-2-5(7(10)11)6(8)3-9-4/h2-3H,1H3,(H,10,11). The molecule has 1 aromatic heterocycles. The van der Waals surface area contributed by atoms with Crippen LogP contribution in [0.1, 0.15) is 16.1 Å². The SMILES string of the molecule is Cc1cc(C(=O)O)c(F)cn1. The Morgan fingerprint density at radius 2 is 2.36 bits per heavy atom. The molecule has 0 radical (unpaired) electrons. The van der Waals surface area contributed by atoms with Crippen molar-refractivity contribution in [1.82, 2.24) is 4.98 Å². The van der Waals surface area contributed by atoms with E-state index in [1.54, 1.807) is 6.92 Å². The van der Waals surface area contributed by atoms with Gasteiger partial charge in [0.25, 0.3) is 0 Å². The van der Waals surface area contributed by atoms with Crippen LogP contribution in [0.2, 0.25) is 0 Å². The van der Waals surface area contributed by atoms with Gasteiger partial charge in [0.2, 0.25) is 0 Å². The second kappa shape index (κ2) is 2.65. The maximum absolute atomic E-state index is 12.6. The summed E-state index contributed by atoms with van der Waals surface area (Å²) in [6, 6.07) is 1.19. The predicted molar refractivity (Wildman–Crippen MR) is 35.9 cm³/mol. The van der Waals surface area contributed by atoms with Crippen molar-refractivity contribution in [2.75, 3.05) is 0 Å². The third kappa shape index (κ3) is 1.52. The number of hydrogen-bond donors (Lipinski definition) is 1. The molecule has 0 aliphatic carbocycles. The Hall–Kier alpha value is -1.45. The summed E-state index contributed by atoms with van der Waals surface area (Å²) in [6.07, 6.45) is 0.902. The number of aromatic nitrogens is 1. The zero-order valence-corrected chi connectivity index (χ0v) is 5.84. The Bertz CT molecular complexity index is 298. The Morgan fingerprint density at radius 1 is 1.73 bits per heavy atom. The van der Waals surface area contributed by atoms with E-state index < -0.39 is 11.8 Å². The molecule has 58 valence electrons. The van der Waals surface area contributed by atoms with Gasteiger partial charge in [-0.15, -0.1) is 0 Å². The van der Waals surface area contributed by atoms with Gasteiger partial charge in [0, 0.05) is 5.69 Å². The van der Waals surface area contributed by atoms with Gasteiger partial charge in [0.15, 0.2) is 5.82 Å². The van der Waals surface area contributed by atoms with Gasteiger partial charge >= 0.3 is 5.97 Å². The van der Waals surface area contributed by atoms with Gasteiger partial charge in [-0.3, -0.25) is 4.98 Å². The number of rotatable bonds is 1. The summed E-state index contributed by atoms with van der Waals surface area (Å²) in [5.41, 5.74) is 0.154. The topological polar surface area (TPSA) is 50.2 Å². The molecule has 1 rings (SSSR count). The molecule has 0 bridgehead atoms. The summed E-state index contributed by atoms with van der Waals surface area (Å²) in [5, 5.41) is 8.42. The lowest BCUT2D eigenvalue weighted by Crippen LogP contribution is -2.01. The van der Waals surface area contributed by atoms with E-state index in [1.165, 1.54) is 6.07 Å². The molecule has 0 aliphatic heterocycles. The summed E-state index contributed by atoms with van der Waals surface area (Å²) < 4.78 is 12.6. The van der Waals surface area contributed by atoms with E-state index in [4.69, 9.17) is 5.11 Å². The van der Waals surface area contributed by atoms with Crippen LogP contribution in [0.3, 0.4) is 0 Å². The number of nitrogens with zero attached hydrogens (tertiary/aromatic N) is 1. The second-order valence-corrected chi connectivity index (χ2v) is 2.11. The molecule has 0 aromatic carbocycles. The highest BCUT2D eigenvalue weighted by atomic mass is 19.1. The largest absolute Gasteiger partial charge is 0.478 e. The van der Waals surface area contributed by atoms with Crippen LogP contribution < -0.4 is 0 Å². The van der Waals surface area contributed by atoms with E-state index >= 15 is 0 Å². The van der Waals surface area contributed by atoms with Gasteiger partial charge in [-0.2, -0.15) is 0 Å². The van der Waals surface area contributed by atoms with E-state index in [0.29, 0.717) is 5.69 Å². The molecule has 3 nitrogen and oxygen atoms in total. The van der Waals surface area contributed by atoms with Crippen molar-refractivity contribution in [3.8, 4) is 0 Å². The minimum Gasteiger partial charge on any atom is -0.478 e. The summed E-state index contributed by atoms with van der Waals surface area (Å²) in [4.78, 5) is 13.9. The molecule has 0 aliphatic rings. The number of aryl methyl sites for hydroxylation is 1. The van der Waals surface area contributed by atoms with Crippen molar-refractivity contribution in [1.29, 1.82) is 0 Å². The van der Waals surface area contributed by atoms with Crippen LogP contribution in [-0.2, 0) is 0 Å². The van der Waals surface area contributed by atoms with Crippen LogP contribution in [0.25, 0.3) is 0 Å². The van der Waals surface area contributed by atoms with Gasteiger partial charge < -0.3 is 5.11 Å². The number of carbonyl (C=O) groups is 1. The molecular formula is C7H6FNO2. The van der Waals surface area contributed by atoms with Gasteiger partial charge in [-0.25, -0.2) is 9.18 Å². The summed E-state index contributed by atoms with van der Waals surface area (Å²) >= 11 is 0. The van der Waals surface area contributed by atoms with Crippen LogP contribution in [0.15, 0.2) is 12.3 Å². The van der Waals surface area contributed by atoms with Crippen LogP contribution in [0.4, 0.5) is 4.39 Å². The van der Waals surface area contributed by atoms with Gasteiger partial charge in [-0.05, 0) is 13.0 Å². The van der Waals surface area contributed by atoms with E-state index in [1.807, 2.05) is 0 Å². The van der Waals surface area contributed by atoms with Crippen molar-refractivity contribution in [2.24, 2.45) is 0 Å². The summed E-state index contributed by atoms with van der Waals surface area (Å²) in [5.74, 6) is -2.07. The van der Waals surface area contributed by atoms with Gasteiger partial charge in [0.05, 0.1) is 11.8 Å². The summed E-state index contributed by atoms with van der Waals surface area (Å²) in [7, 11) is 0. The fraction of sp³-hybridized carbons (Fsp3) is 0.143. The molecule has 0 saturated carbocycles. The van der Waals surface area contributed by atoms with Crippen molar-refractivity contribution in [3.63, 3.8) is 0 Å². The fourth-order valence-electron chi connectivity index (χ4n) is 0.707. The van der Waals surface area contributed by atoms with Crippen molar-refractivity contribution in [3.05, 3.63) is 29.3 Å². The molecule has 11 heavy (non-hydrogen) atoms. The number of pyridine rings is 1. The van der Waals surface area contributed by atoms with E-state index in [0.717, 1.165) is 6.20 Å². The molecule has 0 fully saturated rings. The molecule has 1 heterocycles. The Labute approximate surface area is 62.5 Å². The third-order valence-corrected chi connectivity index (χ3v) is 1.22. The van der Waals surface area contributed by atoms with Crippen LogP contribution in [0.5, 0.6) is 0 Å². The highest BCUT2D eigenvalue weighted by Gasteiger charge is 2.09. The first-order valence-corrected chi connectivity index (χ1v) is 2.96. The van der Waals surface area contributed by atoms with Crippen LogP contribution in [-0.4, -0.2) is 16.1 Å². The average molecular weight is 155 g/mol. The van der Waals surface area contributed by atoms with Crippen LogP contribution >= 0.6 is 0 Å². The first kappa shape index (κ1) is 7.65. The number of halogens is 1. The van der Waals surface area contributed by atoms with Crippen LogP contribution in [0, 0.1) is 12.7 Å². The lowest BCUT2D eigenvalue weighted by Gasteiger charge is -1.96. The molecule has 1 aromatic rings. The smallest absolute Gasteiger partial charge is 0.338 e. The molecule has 0 atom stereocenters. The Kier molecular flexibility index (Phi) is 1.85. The molecule has 0 amide bonds. The average Bonchev–Trinajstić information content (AvgIpc) is 1.94. The molecule has 0 saturated heterocycles. The minimum absolute atomic E-state index is 0.336. The zero-order valence-electron chi connectivity index (χ0n) is 5.84. The predicted octanol–water partition coefficient (Wildman–Crippen LogP) is 1.23. The zero-order chi connectivity index (χ0) is 8.43. The van der Waals surface area contributed by atoms with Gasteiger partial charge in [-0.1, -0.05) is 0 Å². The number of hydrogen-bond acceptors (Lipinski definition) is 2. The quantitative estimate of drug-likeness (QED) is 0.663. The van der Waals surface area contributed by atoms with E-state index in [-0.39, 0.29) is 5.56 Å². The molecular weight excluding hydrogens is 149 g/mol. The van der Waals surface area contributed by atoms with Gasteiger partial charge in [0.1, 0.15) is 0 Å². The van der Waals surface area contributed by atoms with Crippen molar-refractivity contribution in [2.45, 2.75) is 6.92 Å². The minimum atomic E-state index is -1.27. The normalized spacial score (nSPS) is 9.64. The monoisotopic (exact) mass is 155 g/mol. The highest BCUT2D eigenvalue weighted by Crippen LogP contribution is 2.06. The number of carboxylic acid groups (broad SMARTS) is 1. The highest BCUT2D eigenvalue weighted by molar-refractivity contribution is 5.87. The molecule has 1 N–H and O–H groups in total. The molecule has 0 spiro atoms. The summed E-state index contributed by atoms with van der Waals surface area (Å²) in [6.45, 7) is 1.60. The van der Waals surface area contributed by atoms with Crippen molar-refractivity contribution >= 4 is 5.97 Å². The third-order valence-electron chi connectivity index (χ3n) is 1.22. The lowest BCUT2D eigenvalue weighted by molar-refractivity contribution is 0.0691. The number of aromatic carboxylic acids is 1. The number of carboxylic acids is 1. The maximum Gasteiger partial charge on any atom is 0.338 e. The first-order valence-electron chi connectivity index (χ1n) is 2.96. The van der Waals surface area contributed by atoms with E-state index in [2.05, 4.69) is 4.98 Å².